The molecule has 1 aromatic heterocycles. The van der Waals surface area contributed by atoms with Crippen LogP contribution in [0.5, 0.6) is 0 Å². The average Bonchev–Trinajstić information content (AvgIpc) is 3.33. The third-order valence-electron chi connectivity index (χ3n) is 7.08. The van der Waals surface area contributed by atoms with E-state index in [-0.39, 0.29) is 11.7 Å². The Labute approximate surface area is 203 Å². The number of nitrogens with one attached hydrogen (secondary N) is 1. The van der Waals surface area contributed by atoms with Gasteiger partial charge in [-0.2, -0.15) is 0 Å². The molecule has 0 bridgehead atoms. The fourth-order valence-corrected chi connectivity index (χ4v) is 5.04. The summed E-state index contributed by atoms with van der Waals surface area (Å²) in [7, 11) is 1.46. The number of aromatic amines is 1. The Morgan fingerprint density at radius 3 is 2.23 bits per heavy atom. The van der Waals surface area contributed by atoms with Crippen LogP contribution in [0.3, 0.4) is 0 Å². The Balaban J connectivity index is 1.26. The van der Waals surface area contributed by atoms with E-state index in [2.05, 4.69) is 46.4 Å². The molecule has 1 aliphatic rings. The lowest BCUT2D eigenvalue weighted by Gasteiger charge is -2.28. The normalized spacial score (nSPS) is 17.9. The topological polar surface area (TPSA) is 98.1 Å². The van der Waals surface area contributed by atoms with Gasteiger partial charge in [0.15, 0.2) is 0 Å². The molecule has 1 fully saturated rings. The number of methoxy groups -OCH3 is 1. The average molecular weight is 470 g/mol. The number of rotatable bonds is 6. The summed E-state index contributed by atoms with van der Waals surface area (Å²) >= 11 is 0. The molecule has 0 radical (unpaired) electrons. The lowest BCUT2D eigenvalue weighted by molar-refractivity contribution is -0.384. The molecule has 1 N–H and O–H groups in total. The Bertz CT molecular complexity index is 1350. The molecule has 5 rings (SSSR count). The van der Waals surface area contributed by atoms with Crippen LogP contribution >= 0.6 is 0 Å². The number of benzene rings is 3. The molecule has 0 unspecified atom stereocenters. The number of aromatic nitrogens is 2. The van der Waals surface area contributed by atoms with Crippen LogP contribution in [-0.2, 0) is 9.53 Å². The predicted octanol–water partition coefficient (Wildman–Crippen LogP) is 6.64. The van der Waals surface area contributed by atoms with E-state index in [1.165, 1.54) is 24.8 Å². The summed E-state index contributed by atoms with van der Waals surface area (Å²) in [4.78, 5) is 29.9. The maximum absolute atomic E-state index is 11.5. The molecule has 7 nitrogen and oxygen atoms in total. The second kappa shape index (κ2) is 9.70. The van der Waals surface area contributed by atoms with Gasteiger partial charge in [0.2, 0.25) is 0 Å². The monoisotopic (exact) mass is 469 g/mol. The predicted molar refractivity (Wildman–Crippen MR) is 135 cm³/mol. The summed E-state index contributed by atoms with van der Waals surface area (Å²) in [5.74, 6) is 1.57. The van der Waals surface area contributed by atoms with Crippen molar-refractivity contribution >= 4 is 22.7 Å². The van der Waals surface area contributed by atoms with Crippen LogP contribution in [0.4, 0.5) is 5.69 Å². The van der Waals surface area contributed by atoms with Gasteiger partial charge in [-0.25, -0.2) is 4.98 Å². The van der Waals surface area contributed by atoms with Crippen LogP contribution in [0.15, 0.2) is 66.7 Å². The lowest BCUT2D eigenvalue weighted by Crippen LogP contribution is -2.17. The highest BCUT2D eigenvalue weighted by Gasteiger charge is 2.24. The van der Waals surface area contributed by atoms with Gasteiger partial charge < -0.3 is 9.72 Å². The van der Waals surface area contributed by atoms with Gasteiger partial charge >= 0.3 is 5.97 Å². The summed E-state index contributed by atoms with van der Waals surface area (Å²) in [6.45, 7) is 0. The fourth-order valence-electron chi connectivity index (χ4n) is 5.04. The van der Waals surface area contributed by atoms with Crippen molar-refractivity contribution in [1.82, 2.24) is 9.97 Å². The van der Waals surface area contributed by atoms with Crippen molar-refractivity contribution in [2.24, 2.45) is 5.92 Å². The first-order valence-electron chi connectivity index (χ1n) is 11.9. The van der Waals surface area contributed by atoms with E-state index in [4.69, 9.17) is 4.74 Å². The fraction of sp³-hybridized carbons (Fsp3) is 0.286. The number of carbonyl (C=O) groups excluding carboxylic acids is 1. The molecule has 178 valence electrons. The molecule has 0 aliphatic heterocycles. The molecule has 0 spiro atoms. The number of nitro benzene ring substituents is 1. The SMILES string of the molecule is COC(=O)CC1CCC(c2ccc(-c3ccc(-c4nc5ccc([N+](=O)[O-])cc5[nH]4)cc3)cc2)CC1. The second-order valence-electron chi connectivity index (χ2n) is 9.24. The number of ether oxygens (including phenoxy) is 1. The van der Waals surface area contributed by atoms with Crippen LogP contribution in [-0.4, -0.2) is 28.0 Å². The summed E-state index contributed by atoms with van der Waals surface area (Å²) in [6.07, 6.45) is 4.88. The highest BCUT2D eigenvalue weighted by Crippen LogP contribution is 2.38. The van der Waals surface area contributed by atoms with Gasteiger partial charge in [0.05, 0.1) is 23.1 Å². The largest absolute Gasteiger partial charge is 0.469 e. The third kappa shape index (κ3) is 4.94. The number of fused-ring (bicyclic) bond motifs is 1. The molecule has 1 aliphatic carbocycles. The molecule has 4 aromatic rings. The number of nitrogens with zero attached hydrogens (tertiary/aromatic N) is 2. The first-order valence-corrected chi connectivity index (χ1v) is 11.9. The molecule has 0 saturated heterocycles. The Morgan fingerprint density at radius 2 is 1.60 bits per heavy atom. The lowest BCUT2D eigenvalue weighted by atomic mass is 9.77. The van der Waals surface area contributed by atoms with Crippen LogP contribution in [0.2, 0.25) is 0 Å². The van der Waals surface area contributed by atoms with E-state index < -0.39 is 4.92 Å². The molecule has 3 aromatic carbocycles. The second-order valence-corrected chi connectivity index (χ2v) is 9.24. The van der Waals surface area contributed by atoms with Crippen LogP contribution < -0.4 is 0 Å². The first-order chi connectivity index (χ1) is 17.0. The summed E-state index contributed by atoms with van der Waals surface area (Å²) in [5, 5.41) is 11.0. The third-order valence-corrected chi connectivity index (χ3v) is 7.08. The van der Waals surface area contributed by atoms with Crippen LogP contribution in [0.25, 0.3) is 33.5 Å². The molecule has 1 saturated carbocycles. The van der Waals surface area contributed by atoms with Gasteiger partial charge in [0.1, 0.15) is 5.82 Å². The van der Waals surface area contributed by atoms with Gasteiger partial charge in [-0.3, -0.25) is 14.9 Å². The van der Waals surface area contributed by atoms with Crippen molar-refractivity contribution in [2.75, 3.05) is 7.11 Å². The zero-order valence-electron chi connectivity index (χ0n) is 19.6. The van der Waals surface area contributed by atoms with Crippen LogP contribution in [0, 0.1) is 16.0 Å². The maximum Gasteiger partial charge on any atom is 0.305 e. The highest BCUT2D eigenvalue weighted by atomic mass is 16.6. The van der Waals surface area contributed by atoms with E-state index in [9.17, 15) is 14.9 Å². The van der Waals surface area contributed by atoms with Gasteiger partial charge in [0, 0.05) is 24.1 Å². The van der Waals surface area contributed by atoms with Gasteiger partial charge in [0.25, 0.3) is 5.69 Å². The highest BCUT2D eigenvalue weighted by molar-refractivity contribution is 5.82. The molecular formula is C28H27N3O4. The number of hydrogen-bond donors (Lipinski definition) is 1. The van der Waals surface area contributed by atoms with Crippen molar-refractivity contribution in [2.45, 2.75) is 38.0 Å². The number of esters is 1. The van der Waals surface area contributed by atoms with Gasteiger partial charge in [-0.05, 0) is 60.3 Å². The quantitative estimate of drug-likeness (QED) is 0.194. The van der Waals surface area contributed by atoms with Crippen molar-refractivity contribution in [3.63, 3.8) is 0 Å². The number of carbonyl (C=O) groups is 1. The number of nitro groups is 1. The first kappa shape index (κ1) is 22.8. The smallest absolute Gasteiger partial charge is 0.305 e. The Hall–Kier alpha value is -4.00. The minimum atomic E-state index is -0.407. The standard InChI is InChI=1S/C28H27N3O4/c1-35-27(32)16-18-2-4-19(5-3-18)20-6-8-21(9-7-20)22-10-12-23(13-11-22)28-29-25-15-14-24(31(33)34)17-26(25)30-28/h6-15,17-19H,2-5,16H2,1H3,(H,29,30). The summed E-state index contributed by atoms with van der Waals surface area (Å²) < 4.78 is 4.81. The zero-order valence-corrected chi connectivity index (χ0v) is 19.6. The minimum Gasteiger partial charge on any atom is -0.469 e. The molecule has 1 heterocycles. The zero-order chi connectivity index (χ0) is 24.4. The molecule has 35 heavy (non-hydrogen) atoms. The van der Waals surface area contributed by atoms with Gasteiger partial charge in [-0.1, -0.05) is 48.5 Å². The number of hydrogen-bond acceptors (Lipinski definition) is 5. The van der Waals surface area contributed by atoms with E-state index in [1.807, 2.05) is 12.1 Å². The van der Waals surface area contributed by atoms with E-state index in [1.54, 1.807) is 6.07 Å². The molecule has 0 amide bonds. The van der Waals surface area contributed by atoms with Gasteiger partial charge in [-0.15, -0.1) is 0 Å². The van der Waals surface area contributed by atoms with E-state index in [0.717, 1.165) is 42.4 Å². The van der Waals surface area contributed by atoms with Crippen molar-refractivity contribution in [3.8, 4) is 22.5 Å². The number of imidazole rings is 1. The number of non-ortho nitro benzene ring substituents is 1. The van der Waals surface area contributed by atoms with Crippen LogP contribution in [0.1, 0.15) is 43.6 Å². The molecule has 7 heteroatoms. The van der Waals surface area contributed by atoms with Crippen molar-refractivity contribution in [1.29, 1.82) is 0 Å². The van der Waals surface area contributed by atoms with E-state index >= 15 is 0 Å². The Kier molecular flexibility index (Phi) is 6.31. The van der Waals surface area contributed by atoms with E-state index in [0.29, 0.717) is 35.1 Å². The minimum absolute atomic E-state index is 0.0423. The van der Waals surface area contributed by atoms with Crippen molar-refractivity contribution < 1.29 is 14.5 Å². The molecule has 0 atom stereocenters. The molecular weight excluding hydrogens is 442 g/mol. The summed E-state index contributed by atoms with van der Waals surface area (Å²) in [6, 6.07) is 21.6. The number of H-pyrrole nitrogens is 1. The Morgan fingerprint density at radius 1 is 0.971 bits per heavy atom. The maximum atomic E-state index is 11.5. The van der Waals surface area contributed by atoms with Crippen molar-refractivity contribution in [3.05, 3.63) is 82.4 Å². The summed E-state index contributed by atoms with van der Waals surface area (Å²) in [5.41, 5.74) is 5.94.